The van der Waals surface area contributed by atoms with Gasteiger partial charge in [0.05, 0.1) is 5.75 Å². The second kappa shape index (κ2) is 9.73. The summed E-state index contributed by atoms with van der Waals surface area (Å²) >= 11 is 4.52. The first kappa shape index (κ1) is 19.7. The summed E-state index contributed by atoms with van der Waals surface area (Å²) in [5, 5.41) is 11.2. The van der Waals surface area contributed by atoms with Crippen molar-refractivity contribution in [3.05, 3.63) is 66.7 Å². The van der Waals surface area contributed by atoms with Gasteiger partial charge in [-0.3, -0.25) is 4.79 Å². The van der Waals surface area contributed by atoms with Gasteiger partial charge in [-0.1, -0.05) is 89.5 Å². The van der Waals surface area contributed by atoms with Crippen LogP contribution in [0.3, 0.4) is 0 Å². The van der Waals surface area contributed by atoms with Crippen LogP contribution in [0.5, 0.6) is 0 Å². The van der Waals surface area contributed by atoms with E-state index in [4.69, 9.17) is 0 Å². The molecule has 1 amide bonds. The minimum absolute atomic E-state index is 0.0567. The fourth-order valence-electron chi connectivity index (χ4n) is 2.20. The summed E-state index contributed by atoms with van der Waals surface area (Å²) in [6.45, 7) is 5.86. The summed E-state index contributed by atoms with van der Waals surface area (Å²) in [5.74, 6) is 1.08. The van der Waals surface area contributed by atoms with E-state index in [-0.39, 0.29) is 5.91 Å². The van der Waals surface area contributed by atoms with Crippen molar-refractivity contribution in [3.8, 4) is 11.1 Å². The number of rotatable bonds is 8. The van der Waals surface area contributed by atoms with Crippen LogP contribution in [0.4, 0.5) is 5.69 Å². The predicted octanol–water partition coefficient (Wildman–Crippen LogP) is 5.60. The Kier molecular flexibility index (Phi) is 7.09. The lowest BCUT2D eigenvalue weighted by Crippen LogP contribution is -2.13. The fourth-order valence-corrected chi connectivity index (χ4v) is 4.86. The van der Waals surface area contributed by atoms with Crippen LogP contribution in [0.1, 0.15) is 6.92 Å². The summed E-state index contributed by atoms with van der Waals surface area (Å²) < 4.78 is 1.70. The number of hydrogen-bond acceptors (Lipinski definition) is 6. The molecule has 27 heavy (non-hydrogen) atoms. The number of carbonyl (C=O) groups is 1. The van der Waals surface area contributed by atoms with E-state index < -0.39 is 0 Å². The van der Waals surface area contributed by atoms with Crippen LogP contribution in [0, 0.1) is 0 Å². The summed E-state index contributed by atoms with van der Waals surface area (Å²) in [5.41, 5.74) is 4.16. The molecule has 3 rings (SSSR count). The highest BCUT2D eigenvalue weighted by molar-refractivity contribution is 8.03. The van der Waals surface area contributed by atoms with Crippen molar-refractivity contribution in [2.75, 3.05) is 16.8 Å². The lowest BCUT2D eigenvalue weighted by atomic mass is 10.1. The van der Waals surface area contributed by atoms with Gasteiger partial charge in [0.25, 0.3) is 0 Å². The van der Waals surface area contributed by atoms with Gasteiger partial charge in [-0.15, -0.1) is 10.2 Å². The molecule has 1 aromatic heterocycles. The van der Waals surface area contributed by atoms with Gasteiger partial charge in [0, 0.05) is 11.4 Å². The molecular weight excluding hydrogens is 394 g/mol. The van der Waals surface area contributed by atoms with Crippen LogP contribution < -0.4 is 5.32 Å². The molecule has 138 valence electrons. The molecule has 7 heteroatoms. The minimum Gasteiger partial charge on any atom is -0.325 e. The molecule has 0 aliphatic heterocycles. The third kappa shape index (κ3) is 6.23. The molecule has 0 unspecified atom stereocenters. The lowest BCUT2D eigenvalue weighted by molar-refractivity contribution is -0.113. The molecule has 0 saturated carbocycles. The maximum Gasteiger partial charge on any atom is 0.234 e. The van der Waals surface area contributed by atoms with Crippen LogP contribution >= 0.6 is 34.9 Å². The molecule has 1 N–H and O–H groups in total. The summed E-state index contributed by atoms with van der Waals surface area (Å²) in [6.07, 6.45) is 0. The average Bonchev–Trinajstić information content (AvgIpc) is 3.14. The van der Waals surface area contributed by atoms with Gasteiger partial charge in [-0.25, -0.2) is 0 Å². The molecule has 0 bridgehead atoms. The van der Waals surface area contributed by atoms with E-state index >= 15 is 0 Å². The van der Waals surface area contributed by atoms with E-state index in [1.807, 2.05) is 49.4 Å². The van der Waals surface area contributed by atoms with Crippen molar-refractivity contribution in [1.29, 1.82) is 0 Å². The molecule has 0 saturated heterocycles. The number of nitrogens with one attached hydrogen (secondary N) is 1. The minimum atomic E-state index is -0.0567. The van der Waals surface area contributed by atoms with Gasteiger partial charge in [0.15, 0.2) is 8.68 Å². The highest BCUT2D eigenvalue weighted by Crippen LogP contribution is 2.29. The van der Waals surface area contributed by atoms with Gasteiger partial charge in [0.2, 0.25) is 5.91 Å². The van der Waals surface area contributed by atoms with E-state index in [9.17, 15) is 4.79 Å². The number of hydrogen-bond donors (Lipinski definition) is 1. The van der Waals surface area contributed by atoms with E-state index in [1.165, 1.54) is 23.1 Å². The maximum atomic E-state index is 12.2. The Morgan fingerprint density at radius 1 is 0.963 bits per heavy atom. The Morgan fingerprint density at radius 2 is 1.56 bits per heavy atom. The van der Waals surface area contributed by atoms with Gasteiger partial charge < -0.3 is 5.32 Å². The molecule has 0 atom stereocenters. The quantitative estimate of drug-likeness (QED) is 0.384. The third-order valence-corrected chi connectivity index (χ3v) is 6.85. The van der Waals surface area contributed by atoms with E-state index in [1.54, 1.807) is 11.8 Å². The van der Waals surface area contributed by atoms with Gasteiger partial charge >= 0.3 is 0 Å². The van der Waals surface area contributed by atoms with Crippen molar-refractivity contribution >= 4 is 46.5 Å². The molecule has 4 nitrogen and oxygen atoms in total. The van der Waals surface area contributed by atoms with E-state index in [0.717, 1.165) is 36.8 Å². The second-order valence-electron chi connectivity index (χ2n) is 5.86. The Balaban J connectivity index is 1.49. The summed E-state index contributed by atoms with van der Waals surface area (Å²) in [4.78, 5) is 12.2. The first-order valence-corrected chi connectivity index (χ1v) is 11.1. The number of amides is 1. The molecular formula is C20H19N3OS3. The maximum absolute atomic E-state index is 12.2. The monoisotopic (exact) mass is 413 g/mol. The molecule has 3 aromatic rings. The molecule has 0 aliphatic carbocycles. The lowest BCUT2D eigenvalue weighted by Gasteiger charge is -2.06. The number of benzene rings is 2. The Hall–Kier alpha value is -2.09. The summed E-state index contributed by atoms with van der Waals surface area (Å²) in [7, 11) is 0. The average molecular weight is 414 g/mol. The normalized spacial score (nSPS) is 10.6. The van der Waals surface area contributed by atoms with E-state index in [0.29, 0.717) is 5.75 Å². The van der Waals surface area contributed by atoms with E-state index in [2.05, 4.69) is 34.2 Å². The molecule has 0 aliphatic rings. The summed E-state index contributed by atoms with van der Waals surface area (Å²) in [6, 6.07) is 18.0. The Bertz CT molecular complexity index is 908. The zero-order valence-electron chi connectivity index (χ0n) is 14.8. The van der Waals surface area contributed by atoms with Gasteiger partial charge in [-0.2, -0.15) is 0 Å². The SMILES string of the molecule is C=C(C)CSc1nnc(SCC(=O)Nc2ccc(-c3ccccc3)cc2)s1. The largest absolute Gasteiger partial charge is 0.325 e. The van der Waals surface area contributed by atoms with Crippen LogP contribution in [0.25, 0.3) is 11.1 Å². The number of aromatic nitrogens is 2. The Labute approximate surface area is 171 Å². The zero-order valence-corrected chi connectivity index (χ0v) is 17.3. The van der Waals surface area contributed by atoms with Crippen molar-refractivity contribution in [2.24, 2.45) is 0 Å². The van der Waals surface area contributed by atoms with Crippen LogP contribution in [0.2, 0.25) is 0 Å². The number of thioether (sulfide) groups is 2. The van der Waals surface area contributed by atoms with Crippen molar-refractivity contribution in [3.63, 3.8) is 0 Å². The number of anilines is 1. The van der Waals surface area contributed by atoms with Crippen molar-refractivity contribution in [1.82, 2.24) is 10.2 Å². The Morgan fingerprint density at radius 3 is 2.19 bits per heavy atom. The molecule has 0 radical (unpaired) electrons. The highest BCUT2D eigenvalue weighted by Gasteiger charge is 2.09. The highest BCUT2D eigenvalue weighted by atomic mass is 32.2. The standard InChI is InChI=1S/C20H19N3OS3/c1-14(2)12-25-19-22-23-20(27-19)26-13-18(24)21-17-10-8-16(9-11-17)15-6-4-3-5-7-15/h3-11H,1,12-13H2,2H3,(H,21,24). The molecule has 2 aromatic carbocycles. The number of carbonyl (C=O) groups excluding carboxylic acids is 1. The molecule has 0 spiro atoms. The zero-order chi connectivity index (χ0) is 19.1. The van der Waals surface area contributed by atoms with Crippen LogP contribution in [-0.2, 0) is 4.79 Å². The first-order chi connectivity index (χ1) is 13.1. The predicted molar refractivity (Wildman–Crippen MR) is 117 cm³/mol. The molecule has 1 heterocycles. The number of nitrogens with zero attached hydrogens (tertiary/aromatic N) is 2. The third-order valence-electron chi connectivity index (χ3n) is 3.43. The van der Waals surface area contributed by atoms with Crippen LogP contribution in [0.15, 0.2) is 75.4 Å². The fraction of sp³-hybridized carbons (Fsp3) is 0.150. The first-order valence-electron chi connectivity index (χ1n) is 8.29. The van der Waals surface area contributed by atoms with Gasteiger partial charge in [-0.05, 0) is 30.2 Å². The smallest absolute Gasteiger partial charge is 0.234 e. The van der Waals surface area contributed by atoms with Crippen molar-refractivity contribution in [2.45, 2.75) is 15.6 Å². The molecule has 0 fully saturated rings. The van der Waals surface area contributed by atoms with Gasteiger partial charge in [0.1, 0.15) is 0 Å². The second-order valence-corrected chi connectivity index (χ2v) is 9.28. The van der Waals surface area contributed by atoms with Crippen LogP contribution in [-0.4, -0.2) is 27.6 Å². The topological polar surface area (TPSA) is 54.9 Å². The van der Waals surface area contributed by atoms with Crippen molar-refractivity contribution < 1.29 is 4.79 Å².